The summed E-state index contributed by atoms with van der Waals surface area (Å²) in [6.45, 7) is 5.89. The lowest BCUT2D eigenvalue weighted by molar-refractivity contribution is -0.120. The van der Waals surface area contributed by atoms with Crippen LogP contribution in [0, 0.1) is 12.8 Å². The van der Waals surface area contributed by atoms with Gasteiger partial charge >= 0.3 is 0 Å². The van der Waals surface area contributed by atoms with E-state index in [1.165, 1.54) is 16.2 Å². The van der Waals surface area contributed by atoms with E-state index in [0.29, 0.717) is 22.9 Å². The van der Waals surface area contributed by atoms with Crippen LogP contribution in [0.5, 0.6) is 0 Å². The molecule has 0 bridgehead atoms. The fourth-order valence-electron chi connectivity index (χ4n) is 3.61. The maximum atomic E-state index is 13.3. The summed E-state index contributed by atoms with van der Waals surface area (Å²) < 4.78 is 0. The zero-order valence-corrected chi connectivity index (χ0v) is 15.9. The molecule has 134 valence electrons. The molecule has 1 aromatic heterocycles. The summed E-state index contributed by atoms with van der Waals surface area (Å²) in [5.74, 6) is 0.254. The van der Waals surface area contributed by atoms with Gasteiger partial charge in [0.05, 0.1) is 11.3 Å². The highest BCUT2D eigenvalue weighted by molar-refractivity contribution is 7.11. The normalized spacial score (nSPS) is 19.0. The molecule has 0 radical (unpaired) electrons. The lowest BCUT2D eigenvalue weighted by Crippen LogP contribution is -2.38. The Morgan fingerprint density at radius 2 is 1.69 bits per heavy atom. The number of carbonyl (C=O) groups is 2. The first-order chi connectivity index (χ1) is 12.6. The van der Waals surface area contributed by atoms with Crippen molar-refractivity contribution in [2.45, 2.75) is 26.7 Å². The third kappa shape index (κ3) is 2.86. The molecule has 1 saturated heterocycles. The maximum Gasteiger partial charge on any atom is 0.282 e. The lowest BCUT2D eigenvalue weighted by Gasteiger charge is -2.32. The van der Waals surface area contributed by atoms with Crippen LogP contribution >= 0.6 is 11.3 Å². The van der Waals surface area contributed by atoms with Crippen LogP contribution in [0.3, 0.4) is 0 Å². The van der Waals surface area contributed by atoms with Crippen molar-refractivity contribution in [1.82, 2.24) is 4.90 Å². The number of hydrogen-bond donors (Lipinski definition) is 0. The predicted octanol–water partition coefficient (Wildman–Crippen LogP) is 4.07. The minimum atomic E-state index is -0.213. The Balaban J connectivity index is 1.77. The molecule has 1 aromatic carbocycles. The van der Waals surface area contributed by atoms with Crippen molar-refractivity contribution in [3.8, 4) is 0 Å². The van der Waals surface area contributed by atoms with Crippen molar-refractivity contribution >= 4 is 34.4 Å². The van der Waals surface area contributed by atoms with Gasteiger partial charge in [0.15, 0.2) is 0 Å². The van der Waals surface area contributed by atoms with Gasteiger partial charge in [0, 0.05) is 18.0 Å². The molecule has 2 aromatic rings. The molecule has 0 spiro atoms. The Kier molecular flexibility index (Phi) is 4.41. The number of benzene rings is 1. The minimum absolute atomic E-state index is 0.197. The molecule has 0 unspecified atom stereocenters. The number of hydrogen-bond acceptors (Lipinski definition) is 4. The minimum Gasteiger partial charge on any atom is -0.366 e. The first-order valence-corrected chi connectivity index (χ1v) is 9.93. The molecule has 2 aliphatic heterocycles. The van der Waals surface area contributed by atoms with Crippen LogP contribution in [0.25, 0.3) is 5.57 Å². The van der Waals surface area contributed by atoms with Crippen molar-refractivity contribution in [3.63, 3.8) is 0 Å². The summed E-state index contributed by atoms with van der Waals surface area (Å²) >= 11 is 1.51. The fraction of sp³-hybridized carbons (Fsp3) is 0.333. The zero-order chi connectivity index (χ0) is 18.3. The van der Waals surface area contributed by atoms with Crippen LogP contribution in [0.2, 0.25) is 0 Å². The van der Waals surface area contributed by atoms with Crippen molar-refractivity contribution in [1.29, 1.82) is 0 Å². The van der Waals surface area contributed by atoms with Gasteiger partial charge in [-0.1, -0.05) is 30.7 Å². The van der Waals surface area contributed by atoms with Crippen molar-refractivity contribution in [2.75, 3.05) is 18.0 Å². The van der Waals surface area contributed by atoms with E-state index in [2.05, 4.69) is 11.8 Å². The third-order valence-electron chi connectivity index (χ3n) is 5.22. The van der Waals surface area contributed by atoms with Crippen LogP contribution in [0.4, 0.5) is 5.69 Å². The summed E-state index contributed by atoms with van der Waals surface area (Å²) in [4.78, 5) is 30.9. The third-order valence-corrected chi connectivity index (χ3v) is 6.11. The number of likely N-dealkylation sites (tertiary alicyclic amines) is 1. The van der Waals surface area contributed by atoms with Gasteiger partial charge in [-0.25, -0.2) is 4.90 Å². The van der Waals surface area contributed by atoms with Gasteiger partial charge in [-0.2, -0.15) is 0 Å². The molecule has 0 N–H and O–H groups in total. The standard InChI is InChI=1S/C21H22N2O2S/c1-14-5-7-16(8-6-14)23-20(24)18(17-4-3-13-26-17)19(21(23)25)22-11-9-15(2)10-12-22/h3-8,13,15H,9-12H2,1-2H3. The van der Waals surface area contributed by atoms with E-state index in [1.54, 1.807) is 0 Å². The second-order valence-corrected chi connectivity index (χ2v) is 8.10. The number of anilines is 1. The van der Waals surface area contributed by atoms with Gasteiger partial charge < -0.3 is 4.90 Å². The fourth-order valence-corrected chi connectivity index (χ4v) is 4.38. The van der Waals surface area contributed by atoms with E-state index in [9.17, 15) is 9.59 Å². The number of nitrogens with zero attached hydrogens (tertiary/aromatic N) is 2. The van der Waals surface area contributed by atoms with E-state index in [0.717, 1.165) is 36.4 Å². The van der Waals surface area contributed by atoms with Gasteiger partial charge in [0.25, 0.3) is 11.8 Å². The van der Waals surface area contributed by atoms with Crippen LogP contribution in [0.15, 0.2) is 47.5 Å². The molecule has 0 atom stereocenters. The number of amides is 2. The number of carbonyl (C=O) groups excluding carboxylic acids is 2. The number of aryl methyl sites for hydroxylation is 1. The zero-order valence-electron chi connectivity index (χ0n) is 15.1. The molecule has 2 aliphatic rings. The molecule has 3 heterocycles. The maximum absolute atomic E-state index is 13.3. The molecule has 4 rings (SSSR count). The van der Waals surface area contributed by atoms with Crippen LogP contribution < -0.4 is 4.90 Å². The molecule has 0 aliphatic carbocycles. The molecule has 2 amide bonds. The summed E-state index contributed by atoms with van der Waals surface area (Å²) in [6.07, 6.45) is 2.10. The van der Waals surface area contributed by atoms with Crippen molar-refractivity contribution in [2.24, 2.45) is 5.92 Å². The number of imide groups is 1. The van der Waals surface area contributed by atoms with Crippen molar-refractivity contribution in [3.05, 3.63) is 57.9 Å². The van der Waals surface area contributed by atoms with Crippen LogP contribution in [-0.2, 0) is 9.59 Å². The highest BCUT2D eigenvalue weighted by Gasteiger charge is 2.43. The van der Waals surface area contributed by atoms with E-state index in [4.69, 9.17) is 0 Å². The van der Waals surface area contributed by atoms with Crippen LogP contribution in [-0.4, -0.2) is 29.8 Å². The van der Waals surface area contributed by atoms with E-state index in [-0.39, 0.29) is 11.8 Å². The largest absolute Gasteiger partial charge is 0.366 e. The first kappa shape index (κ1) is 17.0. The highest BCUT2D eigenvalue weighted by atomic mass is 32.1. The highest BCUT2D eigenvalue weighted by Crippen LogP contribution is 2.37. The summed E-state index contributed by atoms with van der Waals surface area (Å²) in [6, 6.07) is 11.4. The van der Waals surface area contributed by atoms with Gasteiger partial charge in [-0.15, -0.1) is 11.3 Å². The Morgan fingerprint density at radius 3 is 2.31 bits per heavy atom. The molecule has 26 heavy (non-hydrogen) atoms. The monoisotopic (exact) mass is 366 g/mol. The smallest absolute Gasteiger partial charge is 0.282 e. The molecule has 4 nitrogen and oxygen atoms in total. The van der Waals surface area contributed by atoms with Gasteiger partial charge in [-0.3, -0.25) is 9.59 Å². The van der Waals surface area contributed by atoms with Gasteiger partial charge in [0.2, 0.25) is 0 Å². The Hall–Kier alpha value is -2.40. The lowest BCUT2D eigenvalue weighted by atomic mass is 9.98. The Bertz CT molecular complexity index is 860. The van der Waals surface area contributed by atoms with Crippen molar-refractivity contribution < 1.29 is 9.59 Å². The second-order valence-electron chi connectivity index (χ2n) is 7.15. The topological polar surface area (TPSA) is 40.6 Å². The summed E-state index contributed by atoms with van der Waals surface area (Å²) in [5, 5.41) is 1.95. The van der Waals surface area contributed by atoms with Crippen LogP contribution in [0.1, 0.15) is 30.2 Å². The van der Waals surface area contributed by atoms with Gasteiger partial charge in [-0.05, 0) is 49.3 Å². The Morgan fingerprint density at radius 1 is 1.00 bits per heavy atom. The summed E-state index contributed by atoms with van der Waals surface area (Å²) in [7, 11) is 0. The molecule has 1 fully saturated rings. The Labute approximate surface area is 157 Å². The average molecular weight is 366 g/mol. The number of piperidine rings is 1. The molecule has 5 heteroatoms. The molecule has 0 saturated carbocycles. The molecular formula is C21H22N2O2S. The quantitative estimate of drug-likeness (QED) is 0.769. The average Bonchev–Trinajstić information content (AvgIpc) is 3.23. The summed E-state index contributed by atoms with van der Waals surface area (Å²) in [5.41, 5.74) is 2.87. The van der Waals surface area contributed by atoms with Gasteiger partial charge in [0.1, 0.15) is 5.70 Å². The number of rotatable bonds is 3. The predicted molar refractivity (Wildman–Crippen MR) is 105 cm³/mol. The van der Waals surface area contributed by atoms with E-state index >= 15 is 0 Å². The van der Waals surface area contributed by atoms with E-state index < -0.39 is 0 Å². The SMILES string of the molecule is Cc1ccc(N2C(=O)C(c3cccs3)=C(N3CCC(C)CC3)C2=O)cc1. The van der Waals surface area contributed by atoms with E-state index in [1.807, 2.05) is 48.7 Å². The molecular weight excluding hydrogens is 344 g/mol. The second kappa shape index (κ2) is 6.72. The number of thiophene rings is 1. The first-order valence-electron chi connectivity index (χ1n) is 9.05.